The topological polar surface area (TPSA) is 60.5 Å². The van der Waals surface area contributed by atoms with Gasteiger partial charge >= 0.3 is 0 Å². The molecule has 2 fully saturated rings. The van der Waals surface area contributed by atoms with Crippen LogP contribution >= 0.6 is 22.9 Å². The van der Waals surface area contributed by atoms with E-state index in [4.69, 9.17) is 11.6 Å². The van der Waals surface area contributed by atoms with Crippen LogP contribution in [0.25, 0.3) is 0 Å². The maximum absolute atomic E-state index is 13.0. The summed E-state index contributed by atoms with van der Waals surface area (Å²) in [6.45, 7) is 3.78. The first kappa shape index (κ1) is 16.8. The number of halogens is 1. The summed E-state index contributed by atoms with van der Waals surface area (Å²) in [6, 6.07) is 7.67. The standard InChI is InChI=1S/C17H20ClN5OS/c18-13-3-1-12(2-4-13)15-14(11-20-21-15)16(24)22-6-8-23(9-7-22)17-19-5-10-25-17/h1-5,10,14-15,20-21H,6-9,11H2. The molecule has 4 rings (SSSR count). The maximum atomic E-state index is 13.0. The highest BCUT2D eigenvalue weighted by Crippen LogP contribution is 2.28. The van der Waals surface area contributed by atoms with Crippen molar-refractivity contribution in [2.24, 2.45) is 5.92 Å². The van der Waals surface area contributed by atoms with Crippen LogP contribution in [0.4, 0.5) is 5.13 Å². The van der Waals surface area contributed by atoms with Crippen molar-refractivity contribution in [2.75, 3.05) is 37.6 Å². The number of amides is 1. The quantitative estimate of drug-likeness (QED) is 0.855. The van der Waals surface area contributed by atoms with Gasteiger partial charge in [-0.3, -0.25) is 10.2 Å². The van der Waals surface area contributed by atoms with E-state index in [0.717, 1.165) is 36.9 Å². The number of hydrogen-bond acceptors (Lipinski definition) is 6. The van der Waals surface area contributed by atoms with Crippen LogP contribution in [0, 0.1) is 5.92 Å². The lowest BCUT2D eigenvalue weighted by Crippen LogP contribution is -2.51. The van der Waals surface area contributed by atoms with Gasteiger partial charge in [0.25, 0.3) is 0 Å². The summed E-state index contributed by atoms with van der Waals surface area (Å²) < 4.78 is 0. The van der Waals surface area contributed by atoms with Crippen LogP contribution in [0.1, 0.15) is 11.6 Å². The summed E-state index contributed by atoms with van der Waals surface area (Å²) in [5.74, 6) is 0.101. The molecule has 2 aliphatic heterocycles. The molecular formula is C17H20ClN5OS. The van der Waals surface area contributed by atoms with E-state index in [0.29, 0.717) is 11.6 Å². The third-order valence-corrected chi connectivity index (χ3v) is 5.89. The molecule has 132 valence electrons. The number of piperazine rings is 1. The Morgan fingerprint density at radius 2 is 1.96 bits per heavy atom. The van der Waals surface area contributed by atoms with E-state index < -0.39 is 0 Å². The van der Waals surface area contributed by atoms with Crippen molar-refractivity contribution in [3.63, 3.8) is 0 Å². The summed E-state index contributed by atoms with van der Waals surface area (Å²) >= 11 is 7.62. The first-order valence-corrected chi connectivity index (χ1v) is 9.65. The fourth-order valence-corrected chi connectivity index (χ4v) is 4.26. The molecule has 2 N–H and O–H groups in total. The second-order valence-electron chi connectivity index (χ2n) is 6.29. The number of nitrogens with one attached hydrogen (secondary N) is 2. The van der Waals surface area contributed by atoms with Gasteiger partial charge in [0.05, 0.1) is 12.0 Å². The summed E-state index contributed by atoms with van der Waals surface area (Å²) in [6.07, 6.45) is 1.82. The molecule has 2 aliphatic rings. The second kappa shape index (κ2) is 7.29. The number of thiazole rings is 1. The van der Waals surface area contributed by atoms with E-state index in [1.54, 1.807) is 11.3 Å². The Hall–Kier alpha value is -1.67. The molecular weight excluding hydrogens is 358 g/mol. The first-order chi connectivity index (χ1) is 12.2. The van der Waals surface area contributed by atoms with E-state index in [1.165, 1.54) is 0 Å². The minimum atomic E-state index is -0.104. The minimum absolute atomic E-state index is 0.0261. The number of hydrazine groups is 1. The largest absolute Gasteiger partial charge is 0.345 e. The smallest absolute Gasteiger partial charge is 0.229 e. The van der Waals surface area contributed by atoms with Crippen LogP contribution in [0.15, 0.2) is 35.8 Å². The number of aromatic nitrogens is 1. The Morgan fingerprint density at radius 3 is 2.64 bits per heavy atom. The van der Waals surface area contributed by atoms with Crippen LogP contribution in [-0.2, 0) is 4.79 Å². The molecule has 2 unspecified atom stereocenters. The lowest BCUT2D eigenvalue weighted by Gasteiger charge is -2.36. The molecule has 2 aromatic rings. The highest BCUT2D eigenvalue weighted by Gasteiger charge is 2.37. The maximum Gasteiger partial charge on any atom is 0.229 e. The van der Waals surface area contributed by atoms with Gasteiger partial charge in [-0.15, -0.1) is 11.3 Å². The summed E-state index contributed by atoms with van der Waals surface area (Å²) in [4.78, 5) is 21.6. The zero-order valence-corrected chi connectivity index (χ0v) is 15.3. The normalized spacial score (nSPS) is 23.9. The van der Waals surface area contributed by atoms with Crippen molar-refractivity contribution in [2.45, 2.75) is 6.04 Å². The Morgan fingerprint density at radius 1 is 1.20 bits per heavy atom. The first-order valence-electron chi connectivity index (χ1n) is 8.39. The summed E-state index contributed by atoms with van der Waals surface area (Å²) in [5, 5.41) is 3.73. The number of benzene rings is 1. The van der Waals surface area contributed by atoms with Gasteiger partial charge in [0.15, 0.2) is 5.13 Å². The molecule has 1 amide bonds. The Balaban J connectivity index is 1.41. The molecule has 2 atom stereocenters. The van der Waals surface area contributed by atoms with E-state index in [-0.39, 0.29) is 17.9 Å². The molecule has 8 heteroatoms. The summed E-state index contributed by atoms with van der Waals surface area (Å²) in [5.41, 5.74) is 7.45. The number of carbonyl (C=O) groups excluding carboxylic acids is 1. The van der Waals surface area contributed by atoms with Crippen molar-refractivity contribution >= 4 is 34.0 Å². The lowest BCUT2D eigenvalue weighted by molar-refractivity contribution is -0.135. The molecule has 1 aromatic heterocycles. The zero-order valence-electron chi connectivity index (χ0n) is 13.7. The molecule has 0 bridgehead atoms. The van der Waals surface area contributed by atoms with Crippen LogP contribution in [0.2, 0.25) is 5.02 Å². The van der Waals surface area contributed by atoms with Gasteiger partial charge < -0.3 is 9.80 Å². The Labute approximate surface area is 155 Å². The SMILES string of the molecule is O=C(C1CNNC1c1ccc(Cl)cc1)N1CCN(c2nccs2)CC1. The number of rotatable bonds is 3. The minimum Gasteiger partial charge on any atom is -0.345 e. The van der Waals surface area contributed by atoms with Gasteiger partial charge in [0.2, 0.25) is 5.91 Å². The van der Waals surface area contributed by atoms with Crippen LogP contribution in [-0.4, -0.2) is 48.5 Å². The van der Waals surface area contributed by atoms with E-state index in [2.05, 4.69) is 20.7 Å². The number of anilines is 1. The molecule has 0 radical (unpaired) electrons. The second-order valence-corrected chi connectivity index (χ2v) is 7.60. The van der Waals surface area contributed by atoms with E-state index in [9.17, 15) is 4.79 Å². The highest BCUT2D eigenvalue weighted by atomic mass is 35.5. The lowest BCUT2D eigenvalue weighted by atomic mass is 9.93. The predicted molar refractivity (Wildman–Crippen MR) is 99.7 cm³/mol. The molecule has 0 saturated carbocycles. The third kappa shape index (κ3) is 3.50. The highest BCUT2D eigenvalue weighted by molar-refractivity contribution is 7.13. The molecule has 6 nitrogen and oxygen atoms in total. The van der Waals surface area contributed by atoms with Gasteiger partial charge in [0.1, 0.15) is 0 Å². The van der Waals surface area contributed by atoms with E-state index >= 15 is 0 Å². The van der Waals surface area contributed by atoms with Crippen molar-refractivity contribution < 1.29 is 4.79 Å². The number of hydrogen-bond donors (Lipinski definition) is 2. The fourth-order valence-electron chi connectivity index (χ4n) is 3.44. The fraction of sp³-hybridized carbons (Fsp3) is 0.412. The Kier molecular flexibility index (Phi) is 4.89. The summed E-state index contributed by atoms with van der Waals surface area (Å²) in [7, 11) is 0. The Bertz CT molecular complexity index is 715. The molecule has 3 heterocycles. The molecule has 0 aliphatic carbocycles. The van der Waals surface area contributed by atoms with Crippen molar-refractivity contribution in [3.05, 3.63) is 46.4 Å². The molecule has 25 heavy (non-hydrogen) atoms. The van der Waals surface area contributed by atoms with Gasteiger partial charge in [-0.25, -0.2) is 10.4 Å². The zero-order chi connectivity index (χ0) is 17.2. The van der Waals surface area contributed by atoms with Crippen molar-refractivity contribution in [1.29, 1.82) is 0 Å². The number of carbonyl (C=O) groups is 1. The molecule has 1 aromatic carbocycles. The number of nitrogens with zero attached hydrogens (tertiary/aromatic N) is 3. The van der Waals surface area contributed by atoms with Crippen LogP contribution in [0.3, 0.4) is 0 Å². The van der Waals surface area contributed by atoms with Crippen molar-refractivity contribution in [1.82, 2.24) is 20.7 Å². The van der Waals surface area contributed by atoms with Gasteiger partial charge in [-0.2, -0.15) is 0 Å². The predicted octanol–water partition coefficient (Wildman–Crippen LogP) is 1.91. The molecule has 2 saturated heterocycles. The van der Waals surface area contributed by atoms with Gasteiger partial charge in [0, 0.05) is 49.3 Å². The monoisotopic (exact) mass is 377 g/mol. The van der Waals surface area contributed by atoms with Crippen LogP contribution < -0.4 is 15.8 Å². The average Bonchev–Trinajstić information content (AvgIpc) is 3.34. The van der Waals surface area contributed by atoms with E-state index in [1.807, 2.05) is 40.7 Å². The van der Waals surface area contributed by atoms with Gasteiger partial charge in [-0.05, 0) is 17.7 Å². The average molecular weight is 378 g/mol. The van der Waals surface area contributed by atoms with Gasteiger partial charge in [-0.1, -0.05) is 23.7 Å². The van der Waals surface area contributed by atoms with Crippen molar-refractivity contribution in [3.8, 4) is 0 Å². The molecule has 0 spiro atoms. The van der Waals surface area contributed by atoms with Crippen LogP contribution in [0.5, 0.6) is 0 Å². The third-order valence-electron chi connectivity index (χ3n) is 4.81.